The first-order chi connectivity index (χ1) is 9.34. The SMILES string of the molecule is COC(=O)[C@H]1C[C@H]2OC(C)(C)O[C@H]2[C@@H]2OC(=O)C(C)[C@@H]21. The molecule has 0 N–H and O–H groups in total. The summed E-state index contributed by atoms with van der Waals surface area (Å²) in [6.45, 7) is 5.45. The number of hydrogen-bond acceptors (Lipinski definition) is 6. The van der Waals surface area contributed by atoms with E-state index in [1.165, 1.54) is 7.11 Å². The predicted octanol–water partition coefficient (Wildman–Crippen LogP) is 0.877. The van der Waals surface area contributed by atoms with Gasteiger partial charge in [-0.15, -0.1) is 0 Å². The van der Waals surface area contributed by atoms with Gasteiger partial charge in [-0.2, -0.15) is 0 Å². The molecule has 0 aromatic rings. The smallest absolute Gasteiger partial charge is 0.309 e. The Morgan fingerprint density at radius 1 is 1.30 bits per heavy atom. The Morgan fingerprint density at radius 2 is 2.00 bits per heavy atom. The minimum absolute atomic E-state index is 0.200. The molecule has 0 aromatic carbocycles. The normalized spacial score (nSPS) is 45.5. The first-order valence-electron chi connectivity index (χ1n) is 6.98. The molecule has 6 heteroatoms. The molecule has 3 aliphatic rings. The van der Waals surface area contributed by atoms with E-state index in [1.807, 2.05) is 13.8 Å². The molecule has 1 aliphatic carbocycles. The van der Waals surface area contributed by atoms with Crippen molar-refractivity contribution >= 4 is 11.9 Å². The lowest BCUT2D eigenvalue weighted by molar-refractivity contribution is -0.165. The second kappa shape index (κ2) is 4.43. The summed E-state index contributed by atoms with van der Waals surface area (Å²) in [5.41, 5.74) is 0. The van der Waals surface area contributed by atoms with Crippen LogP contribution >= 0.6 is 0 Å². The highest BCUT2D eigenvalue weighted by Gasteiger charge is 2.61. The van der Waals surface area contributed by atoms with E-state index in [1.54, 1.807) is 6.92 Å². The lowest BCUT2D eigenvalue weighted by atomic mass is 9.70. The Morgan fingerprint density at radius 3 is 2.65 bits per heavy atom. The first-order valence-corrected chi connectivity index (χ1v) is 6.98. The van der Waals surface area contributed by atoms with Gasteiger partial charge in [-0.3, -0.25) is 9.59 Å². The standard InChI is InChI=1S/C14H20O6/c1-6-9-7(13(16)17-4)5-8-10(11(9)18-12(6)15)20-14(2,3)19-8/h6-11H,5H2,1-4H3/t6?,7-,8+,9+,10+,11+/m0/s1. The Bertz CT molecular complexity index is 445. The molecule has 3 fully saturated rings. The minimum atomic E-state index is -0.719. The van der Waals surface area contributed by atoms with E-state index in [-0.39, 0.29) is 41.9 Å². The van der Waals surface area contributed by atoms with Crippen molar-refractivity contribution in [1.82, 2.24) is 0 Å². The second-order valence-corrected chi connectivity index (χ2v) is 6.27. The number of rotatable bonds is 1. The average Bonchev–Trinajstić information content (AvgIpc) is 2.84. The fourth-order valence-corrected chi connectivity index (χ4v) is 3.76. The molecule has 2 heterocycles. The van der Waals surface area contributed by atoms with Crippen molar-refractivity contribution in [1.29, 1.82) is 0 Å². The monoisotopic (exact) mass is 284 g/mol. The molecular weight excluding hydrogens is 264 g/mol. The van der Waals surface area contributed by atoms with Gasteiger partial charge in [-0.25, -0.2) is 0 Å². The van der Waals surface area contributed by atoms with Gasteiger partial charge in [0.15, 0.2) is 5.79 Å². The van der Waals surface area contributed by atoms with Gasteiger partial charge in [0.2, 0.25) is 0 Å². The van der Waals surface area contributed by atoms with Gasteiger partial charge in [-0.1, -0.05) is 6.92 Å². The van der Waals surface area contributed by atoms with Gasteiger partial charge >= 0.3 is 11.9 Å². The molecule has 20 heavy (non-hydrogen) atoms. The number of fused-ring (bicyclic) bond motifs is 3. The highest BCUT2D eigenvalue weighted by Crippen LogP contribution is 2.49. The zero-order chi connectivity index (χ0) is 14.7. The molecule has 6 nitrogen and oxygen atoms in total. The molecule has 0 spiro atoms. The van der Waals surface area contributed by atoms with E-state index in [9.17, 15) is 9.59 Å². The number of hydrogen-bond donors (Lipinski definition) is 0. The fourth-order valence-electron chi connectivity index (χ4n) is 3.76. The molecule has 1 saturated carbocycles. The van der Waals surface area contributed by atoms with Crippen LogP contribution in [0.1, 0.15) is 27.2 Å². The van der Waals surface area contributed by atoms with Crippen LogP contribution in [0.2, 0.25) is 0 Å². The van der Waals surface area contributed by atoms with Gasteiger partial charge in [0.05, 0.1) is 25.0 Å². The van der Waals surface area contributed by atoms with Gasteiger partial charge < -0.3 is 18.9 Å². The topological polar surface area (TPSA) is 71.1 Å². The molecule has 2 saturated heterocycles. The lowest BCUT2D eigenvalue weighted by Gasteiger charge is -2.37. The number of esters is 2. The number of ether oxygens (including phenoxy) is 4. The molecule has 2 aliphatic heterocycles. The summed E-state index contributed by atoms with van der Waals surface area (Å²) in [7, 11) is 1.36. The van der Waals surface area contributed by atoms with Crippen molar-refractivity contribution < 1.29 is 28.5 Å². The maximum absolute atomic E-state index is 12.0. The highest BCUT2D eigenvalue weighted by atomic mass is 16.8. The molecule has 0 bridgehead atoms. The van der Waals surface area contributed by atoms with E-state index >= 15 is 0 Å². The van der Waals surface area contributed by atoms with Crippen molar-refractivity contribution in [3.63, 3.8) is 0 Å². The average molecular weight is 284 g/mol. The van der Waals surface area contributed by atoms with Crippen LogP contribution in [-0.4, -0.2) is 43.1 Å². The van der Waals surface area contributed by atoms with Gasteiger partial charge in [0, 0.05) is 5.92 Å². The Kier molecular flexibility index (Phi) is 3.06. The minimum Gasteiger partial charge on any atom is -0.469 e. The lowest BCUT2D eigenvalue weighted by Crippen LogP contribution is -2.50. The quantitative estimate of drug-likeness (QED) is 0.666. The summed E-state index contributed by atoms with van der Waals surface area (Å²) in [6, 6.07) is 0. The molecule has 0 aromatic heterocycles. The van der Waals surface area contributed by atoms with Gasteiger partial charge in [0.25, 0.3) is 0 Å². The van der Waals surface area contributed by atoms with Crippen LogP contribution in [0.15, 0.2) is 0 Å². The van der Waals surface area contributed by atoms with Gasteiger partial charge in [-0.05, 0) is 20.3 Å². The van der Waals surface area contributed by atoms with E-state index in [0.717, 1.165) is 0 Å². The summed E-state index contributed by atoms with van der Waals surface area (Å²) in [4.78, 5) is 23.9. The summed E-state index contributed by atoms with van der Waals surface area (Å²) < 4.78 is 22.0. The maximum Gasteiger partial charge on any atom is 0.309 e. The van der Waals surface area contributed by atoms with Crippen molar-refractivity contribution in [3.05, 3.63) is 0 Å². The number of carbonyl (C=O) groups is 2. The van der Waals surface area contributed by atoms with Crippen molar-refractivity contribution in [3.8, 4) is 0 Å². The second-order valence-electron chi connectivity index (χ2n) is 6.27. The van der Waals surface area contributed by atoms with E-state index in [0.29, 0.717) is 6.42 Å². The number of methoxy groups -OCH3 is 1. The van der Waals surface area contributed by atoms with Crippen molar-refractivity contribution in [2.24, 2.45) is 17.8 Å². The third kappa shape index (κ3) is 1.93. The summed E-state index contributed by atoms with van der Waals surface area (Å²) in [5, 5.41) is 0. The zero-order valence-electron chi connectivity index (χ0n) is 12.1. The van der Waals surface area contributed by atoms with Crippen LogP contribution in [0.5, 0.6) is 0 Å². The van der Waals surface area contributed by atoms with Crippen LogP contribution in [0.3, 0.4) is 0 Å². The van der Waals surface area contributed by atoms with Crippen molar-refractivity contribution in [2.45, 2.75) is 51.3 Å². The van der Waals surface area contributed by atoms with Crippen LogP contribution in [0, 0.1) is 17.8 Å². The van der Waals surface area contributed by atoms with E-state index in [2.05, 4.69) is 0 Å². The van der Waals surface area contributed by atoms with E-state index in [4.69, 9.17) is 18.9 Å². The summed E-state index contributed by atoms with van der Waals surface area (Å²) >= 11 is 0. The molecule has 6 atom stereocenters. The number of carbonyl (C=O) groups excluding carboxylic acids is 2. The molecule has 112 valence electrons. The third-order valence-corrected chi connectivity index (χ3v) is 4.58. The Hall–Kier alpha value is -1.14. The maximum atomic E-state index is 12.0. The van der Waals surface area contributed by atoms with Crippen molar-refractivity contribution in [2.75, 3.05) is 7.11 Å². The third-order valence-electron chi connectivity index (χ3n) is 4.58. The van der Waals surface area contributed by atoms with Crippen LogP contribution in [-0.2, 0) is 28.5 Å². The molecule has 0 amide bonds. The van der Waals surface area contributed by atoms with E-state index < -0.39 is 11.9 Å². The zero-order valence-corrected chi connectivity index (χ0v) is 12.1. The Balaban J connectivity index is 1.93. The van der Waals surface area contributed by atoms with Crippen LogP contribution < -0.4 is 0 Å². The molecule has 3 rings (SSSR count). The molecule has 0 radical (unpaired) electrons. The van der Waals surface area contributed by atoms with Crippen LogP contribution in [0.4, 0.5) is 0 Å². The van der Waals surface area contributed by atoms with Gasteiger partial charge in [0.1, 0.15) is 12.2 Å². The first kappa shape index (κ1) is 13.8. The predicted molar refractivity (Wildman–Crippen MR) is 66.5 cm³/mol. The largest absolute Gasteiger partial charge is 0.469 e. The fraction of sp³-hybridized carbons (Fsp3) is 0.857. The Labute approximate surface area is 117 Å². The highest BCUT2D eigenvalue weighted by molar-refractivity contribution is 5.79. The molecular formula is C14H20O6. The summed E-state index contributed by atoms with van der Waals surface area (Å²) in [6.07, 6.45) is -0.469. The summed E-state index contributed by atoms with van der Waals surface area (Å²) in [5.74, 6) is -2.21. The van der Waals surface area contributed by atoms with Crippen LogP contribution in [0.25, 0.3) is 0 Å². The molecule has 1 unspecified atom stereocenters.